The van der Waals surface area contributed by atoms with Gasteiger partial charge in [0.25, 0.3) is 0 Å². The van der Waals surface area contributed by atoms with Crippen LogP contribution in [-0.4, -0.2) is 20.2 Å². The van der Waals surface area contributed by atoms with Crippen molar-refractivity contribution in [2.24, 2.45) is 0 Å². The van der Waals surface area contributed by atoms with Crippen molar-refractivity contribution in [2.75, 3.05) is 0 Å². The van der Waals surface area contributed by atoms with E-state index in [1.165, 1.54) is 0 Å². The Morgan fingerprint density at radius 3 is 2.46 bits per heavy atom. The zero-order chi connectivity index (χ0) is 9.26. The van der Waals surface area contributed by atoms with E-state index in [4.69, 9.17) is 11.6 Å². The smallest absolute Gasteiger partial charge is 0.153 e. The molecule has 5 heteroatoms. The molecule has 0 saturated heterocycles. The molecule has 1 heterocycles. The van der Waals surface area contributed by atoms with Crippen molar-refractivity contribution in [1.82, 2.24) is 20.2 Å². The van der Waals surface area contributed by atoms with Crippen LogP contribution < -0.4 is 0 Å². The minimum Gasteiger partial charge on any atom is -0.198 e. The number of hydrogen-bond donors (Lipinski definition) is 0. The van der Waals surface area contributed by atoms with Gasteiger partial charge >= 0.3 is 0 Å². The monoisotopic (exact) mass is 194 g/mol. The molecule has 0 atom stereocenters. The summed E-state index contributed by atoms with van der Waals surface area (Å²) in [6.45, 7) is 1.84. The molecule has 0 N–H and O–H groups in total. The first-order chi connectivity index (χ1) is 6.27. The van der Waals surface area contributed by atoms with Gasteiger partial charge in [0.2, 0.25) is 0 Å². The SMILES string of the molecule is Cc1nnnn1-c1ccc(Cl)cc1. The molecule has 0 aliphatic rings. The van der Waals surface area contributed by atoms with Gasteiger partial charge in [0.05, 0.1) is 5.69 Å². The first-order valence-electron chi connectivity index (χ1n) is 3.78. The van der Waals surface area contributed by atoms with Gasteiger partial charge in [-0.2, -0.15) is 4.68 Å². The van der Waals surface area contributed by atoms with Crippen molar-refractivity contribution in [3.05, 3.63) is 35.1 Å². The van der Waals surface area contributed by atoms with E-state index in [9.17, 15) is 0 Å². The van der Waals surface area contributed by atoms with Crippen LogP contribution >= 0.6 is 11.6 Å². The van der Waals surface area contributed by atoms with Gasteiger partial charge in [-0.15, -0.1) is 5.10 Å². The van der Waals surface area contributed by atoms with E-state index in [1.807, 2.05) is 19.1 Å². The third-order valence-electron chi connectivity index (χ3n) is 1.70. The van der Waals surface area contributed by atoms with Gasteiger partial charge in [-0.3, -0.25) is 0 Å². The van der Waals surface area contributed by atoms with Crippen LogP contribution in [0.2, 0.25) is 5.02 Å². The molecule has 0 bridgehead atoms. The Morgan fingerprint density at radius 1 is 1.23 bits per heavy atom. The van der Waals surface area contributed by atoms with Crippen LogP contribution in [-0.2, 0) is 0 Å². The normalized spacial score (nSPS) is 10.3. The van der Waals surface area contributed by atoms with Gasteiger partial charge in [0.1, 0.15) is 0 Å². The molecule has 0 unspecified atom stereocenters. The molecule has 0 aliphatic heterocycles. The van der Waals surface area contributed by atoms with E-state index in [2.05, 4.69) is 15.5 Å². The Morgan fingerprint density at radius 2 is 1.92 bits per heavy atom. The van der Waals surface area contributed by atoms with Gasteiger partial charge in [0, 0.05) is 5.02 Å². The Bertz CT molecular complexity index is 406. The summed E-state index contributed by atoms with van der Waals surface area (Å²) < 4.78 is 1.65. The summed E-state index contributed by atoms with van der Waals surface area (Å²) >= 11 is 5.75. The summed E-state index contributed by atoms with van der Waals surface area (Å²) in [6.07, 6.45) is 0. The fourth-order valence-corrected chi connectivity index (χ4v) is 1.18. The van der Waals surface area contributed by atoms with E-state index < -0.39 is 0 Å². The fourth-order valence-electron chi connectivity index (χ4n) is 1.05. The number of tetrazole rings is 1. The summed E-state index contributed by atoms with van der Waals surface area (Å²) in [7, 11) is 0. The van der Waals surface area contributed by atoms with E-state index >= 15 is 0 Å². The maximum absolute atomic E-state index is 5.75. The van der Waals surface area contributed by atoms with Gasteiger partial charge < -0.3 is 0 Å². The van der Waals surface area contributed by atoms with Crippen LogP contribution in [0.5, 0.6) is 0 Å². The predicted molar refractivity (Wildman–Crippen MR) is 48.9 cm³/mol. The third kappa shape index (κ3) is 1.53. The molecule has 2 aromatic rings. The average molecular weight is 195 g/mol. The van der Waals surface area contributed by atoms with Crippen LogP contribution in [0, 0.1) is 6.92 Å². The fraction of sp³-hybridized carbons (Fsp3) is 0.125. The maximum atomic E-state index is 5.75. The topological polar surface area (TPSA) is 43.6 Å². The molecule has 13 heavy (non-hydrogen) atoms. The van der Waals surface area contributed by atoms with E-state index in [0.29, 0.717) is 5.02 Å². The highest BCUT2D eigenvalue weighted by Crippen LogP contribution is 2.12. The van der Waals surface area contributed by atoms with Gasteiger partial charge in [-0.25, -0.2) is 0 Å². The molecule has 1 aromatic carbocycles. The molecule has 0 aliphatic carbocycles. The minimum atomic E-state index is 0.703. The van der Waals surface area contributed by atoms with Crippen molar-refractivity contribution in [1.29, 1.82) is 0 Å². The molecule has 0 spiro atoms. The number of halogens is 1. The van der Waals surface area contributed by atoms with Crippen molar-refractivity contribution < 1.29 is 0 Å². The van der Waals surface area contributed by atoms with Crippen molar-refractivity contribution in [3.63, 3.8) is 0 Å². The third-order valence-corrected chi connectivity index (χ3v) is 1.95. The Balaban J connectivity index is 2.47. The summed E-state index contributed by atoms with van der Waals surface area (Å²) in [5.74, 6) is 0.752. The number of aromatic nitrogens is 4. The Kier molecular flexibility index (Phi) is 1.98. The highest BCUT2D eigenvalue weighted by Gasteiger charge is 2.01. The lowest BCUT2D eigenvalue weighted by Crippen LogP contribution is -1.98. The van der Waals surface area contributed by atoms with Gasteiger partial charge in [-0.1, -0.05) is 11.6 Å². The summed E-state index contributed by atoms with van der Waals surface area (Å²) in [6, 6.07) is 7.34. The van der Waals surface area contributed by atoms with Crippen LogP contribution in [0.4, 0.5) is 0 Å². The molecular formula is C8H7ClN4. The lowest BCUT2D eigenvalue weighted by molar-refractivity contribution is 0.779. The summed E-state index contributed by atoms with van der Waals surface area (Å²) in [5, 5.41) is 11.9. The van der Waals surface area contributed by atoms with E-state index in [1.54, 1.807) is 16.8 Å². The minimum absolute atomic E-state index is 0.703. The van der Waals surface area contributed by atoms with Gasteiger partial charge in [-0.05, 0) is 41.6 Å². The molecule has 0 fully saturated rings. The standard InChI is InChI=1S/C8H7ClN4/c1-6-10-11-12-13(6)8-4-2-7(9)3-5-8/h2-5H,1H3. The summed E-state index contributed by atoms with van der Waals surface area (Å²) in [4.78, 5) is 0. The molecule has 0 saturated carbocycles. The number of hydrogen-bond acceptors (Lipinski definition) is 3. The van der Waals surface area contributed by atoms with E-state index in [-0.39, 0.29) is 0 Å². The second-order valence-electron chi connectivity index (χ2n) is 2.61. The molecule has 2 rings (SSSR count). The maximum Gasteiger partial charge on any atom is 0.153 e. The summed E-state index contributed by atoms with van der Waals surface area (Å²) in [5.41, 5.74) is 0.909. The zero-order valence-electron chi connectivity index (χ0n) is 6.98. The van der Waals surface area contributed by atoms with Crippen LogP contribution in [0.15, 0.2) is 24.3 Å². The highest BCUT2D eigenvalue weighted by molar-refractivity contribution is 6.30. The second-order valence-corrected chi connectivity index (χ2v) is 3.05. The highest BCUT2D eigenvalue weighted by atomic mass is 35.5. The molecular weight excluding hydrogens is 188 g/mol. The molecule has 66 valence electrons. The largest absolute Gasteiger partial charge is 0.198 e. The van der Waals surface area contributed by atoms with Crippen LogP contribution in [0.25, 0.3) is 5.69 Å². The van der Waals surface area contributed by atoms with Crippen LogP contribution in [0.1, 0.15) is 5.82 Å². The number of aryl methyl sites for hydroxylation is 1. The van der Waals surface area contributed by atoms with Crippen molar-refractivity contribution >= 4 is 11.6 Å². The predicted octanol–water partition coefficient (Wildman–Crippen LogP) is 1.62. The molecule has 1 aromatic heterocycles. The van der Waals surface area contributed by atoms with Crippen molar-refractivity contribution in [3.8, 4) is 5.69 Å². The molecule has 0 amide bonds. The Hall–Kier alpha value is -1.42. The van der Waals surface area contributed by atoms with Crippen molar-refractivity contribution in [2.45, 2.75) is 6.92 Å². The first kappa shape index (κ1) is 8.19. The number of nitrogens with zero attached hydrogens (tertiary/aromatic N) is 4. The quantitative estimate of drug-likeness (QED) is 0.693. The lowest BCUT2D eigenvalue weighted by atomic mass is 10.3. The number of rotatable bonds is 1. The average Bonchev–Trinajstić information content (AvgIpc) is 2.53. The molecule has 4 nitrogen and oxygen atoms in total. The first-order valence-corrected chi connectivity index (χ1v) is 4.16. The molecule has 0 radical (unpaired) electrons. The van der Waals surface area contributed by atoms with E-state index in [0.717, 1.165) is 11.5 Å². The lowest BCUT2D eigenvalue weighted by Gasteiger charge is -2.00. The second kappa shape index (κ2) is 3.14. The zero-order valence-corrected chi connectivity index (χ0v) is 7.73. The van der Waals surface area contributed by atoms with Gasteiger partial charge in [0.15, 0.2) is 5.82 Å². The Labute approximate surface area is 80.1 Å². The van der Waals surface area contributed by atoms with Crippen LogP contribution in [0.3, 0.4) is 0 Å². The number of benzene rings is 1.